The molecule has 1 aliphatic rings. The van der Waals surface area contributed by atoms with Gasteiger partial charge in [-0.1, -0.05) is 36.4 Å². The van der Waals surface area contributed by atoms with Crippen LogP contribution in [0.3, 0.4) is 0 Å². The third kappa shape index (κ3) is 5.55. The van der Waals surface area contributed by atoms with E-state index in [0.29, 0.717) is 5.92 Å². The first kappa shape index (κ1) is 20.3. The Bertz CT molecular complexity index is 779. The van der Waals surface area contributed by atoms with E-state index in [-0.39, 0.29) is 11.9 Å². The van der Waals surface area contributed by atoms with Crippen molar-refractivity contribution < 1.29 is 9.13 Å². The highest BCUT2D eigenvalue weighted by Gasteiger charge is 2.27. The van der Waals surface area contributed by atoms with Crippen molar-refractivity contribution in [3.8, 4) is 0 Å². The van der Waals surface area contributed by atoms with Gasteiger partial charge >= 0.3 is 0 Å². The number of nitrogens with zero attached hydrogens (tertiary/aromatic N) is 1. The van der Waals surface area contributed by atoms with E-state index in [9.17, 15) is 4.39 Å². The molecule has 0 amide bonds. The van der Waals surface area contributed by atoms with Gasteiger partial charge in [-0.2, -0.15) is 0 Å². The predicted octanol–water partition coefficient (Wildman–Crippen LogP) is 4.01. The molecule has 4 nitrogen and oxygen atoms in total. The van der Waals surface area contributed by atoms with Crippen LogP contribution in [0.4, 0.5) is 4.39 Å². The highest BCUT2D eigenvalue weighted by Crippen LogP contribution is 2.33. The van der Waals surface area contributed by atoms with E-state index < -0.39 is 0 Å². The second-order valence-corrected chi connectivity index (χ2v) is 7.31. The normalized spacial score (nSPS) is 20.0. The van der Waals surface area contributed by atoms with Crippen molar-refractivity contribution in [2.75, 3.05) is 26.7 Å². The molecule has 0 aromatic heterocycles. The smallest absolute Gasteiger partial charge is 0.190 e. The fourth-order valence-corrected chi connectivity index (χ4v) is 3.77. The summed E-state index contributed by atoms with van der Waals surface area (Å²) in [5, 5.41) is 6.81. The summed E-state index contributed by atoms with van der Waals surface area (Å²) in [7, 11) is 1.78. The first-order valence-electron chi connectivity index (χ1n) is 10.0. The largest absolute Gasteiger partial charge is 0.373 e. The van der Waals surface area contributed by atoms with Crippen molar-refractivity contribution in [2.45, 2.75) is 32.3 Å². The zero-order valence-electron chi connectivity index (χ0n) is 16.7. The molecule has 1 aliphatic heterocycles. The molecular formula is C23H30FN3O. The summed E-state index contributed by atoms with van der Waals surface area (Å²) < 4.78 is 19.3. The molecule has 2 aromatic carbocycles. The monoisotopic (exact) mass is 383 g/mol. The first-order chi connectivity index (χ1) is 13.7. The molecule has 2 atom stereocenters. The van der Waals surface area contributed by atoms with Crippen molar-refractivity contribution in [1.82, 2.24) is 10.6 Å². The standard InChI is InChI=1S/C23H30FN3O/c1-17-15-21(24)11-10-18(17)12-13-26-23(25-2)27-16-20-9-6-14-28-22(20)19-7-4-3-5-8-19/h3-5,7-8,10-11,15,20,22H,6,9,12-14,16H2,1-2H3,(H2,25,26,27). The number of ether oxygens (including phenoxy) is 1. The van der Waals surface area contributed by atoms with Crippen LogP contribution in [-0.4, -0.2) is 32.7 Å². The number of nitrogens with one attached hydrogen (secondary N) is 2. The fourth-order valence-electron chi connectivity index (χ4n) is 3.77. The summed E-state index contributed by atoms with van der Waals surface area (Å²) in [5.74, 6) is 1.01. The number of halogens is 1. The number of aryl methyl sites for hydroxylation is 1. The SMILES string of the molecule is CN=C(NCCc1ccc(F)cc1C)NCC1CCCOC1c1ccccc1. The summed E-state index contributed by atoms with van der Waals surface area (Å²) in [6.45, 7) is 4.32. The molecule has 0 spiro atoms. The predicted molar refractivity (Wildman–Crippen MR) is 112 cm³/mol. The maximum absolute atomic E-state index is 13.2. The molecule has 0 radical (unpaired) electrons. The van der Waals surface area contributed by atoms with Gasteiger partial charge < -0.3 is 15.4 Å². The molecule has 0 bridgehead atoms. The zero-order chi connectivity index (χ0) is 19.8. The van der Waals surface area contributed by atoms with Gasteiger partial charge in [-0.15, -0.1) is 0 Å². The molecule has 28 heavy (non-hydrogen) atoms. The second kappa shape index (κ2) is 10.2. The molecular weight excluding hydrogens is 353 g/mol. The van der Waals surface area contributed by atoms with E-state index in [1.807, 2.05) is 19.1 Å². The number of benzene rings is 2. The van der Waals surface area contributed by atoms with Crippen LogP contribution < -0.4 is 10.6 Å². The van der Waals surface area contributed by atoms with Gasteiger partial charge in [0.25, 0.3) is 0 Å². The minimum Gasteiger partial charge on any atom is -0.373 e. The molecule has 1 saturated heterocycles. The third-order valence-corrected chi connectivity index (χ3v) is 5.32. The Kier molecular flexibility index (Phi) is 7.43. The minimum atomic E-state index is -0.186. The highest BCUT2D eigenvalue weighted by molar-refractivity contribution is 5.79. The van der Waals surface area contributed by atoms with Crippen LogP contribution in [-0.2, 0) is 11.2 Å². The molecule has 2 N–H and O–H groups in total. The van der Waals surface area contributed by atoms with Gasteiger partial charge in [0.2, 0.25) is 0 Å². The molecule has 2 unspecified atom stereocenters. The third-order valence-electron chi connectivity index (χ3n) is 5.32. The lowest BCUT2D eigenvalue weighted by Crippen LogP contribution is -2.42. The van der Waals surface area contributed by atoms with Crippen molar-refractivity contribution in [3.05, 3.63) is 71.0 Å². The van der Waals surface area contributed by atoms with Gasteiger partial charge in [0, 0.05) is 32.7 Å². The number of hydrogen-bond donors (Lipinski definition) is 2. The van der Waals surface area contributed by atoms with E-state index in [0.717, 1.165) is 56.0 Å². The quantitative estimate of drug-likeness (QED) is 0.585. The van der Waals surface area contributed by atoms with Crippen LogP contribution in [0.5, 0.6) is 0 Å². The average molecular weight is 384 g/mol. The Morgan fingerprint density at radius 3 is 2.75 bits per heavy atom. The second-order valence-electron chi connectivity index (χ2n) is 7.31. The molecule has 0 saturated carbocycles. The maximum atomic E-state index is 13.2. The lowest BCUT2D eigenvalue weighted by molar-refractivity contribution is -0.0265. The van der Waals surface area contributed by atoms with Crippen LogP contribution in [0.1, 0.15) is 35.6 Å². The van der Waals surface area contributed by atoms with E-state index >= 15 is 0 Å². The summed E-state index contributed by atoms with van der Waals surface area (Å²) in [4.78, 5) is 4.33. The van der Waals surface area contributed by atoms with Gasteiger partial charge in [0.1, 0.15) is 5.82 Å². The van der Waals surface area contributed by atoms with Crippen LogP contribution in [0.15, 0.2) is 53.5 Å². The minimum absolute atomic E-state index is 0.127. The summed E-state index contributed by atoms with van der Waals surface area (Å²) >= 11 is 0. The maximum Gasteiger partial charge on any atom is 0.190 e. The van der Waals surface area contributed by atoms with Crippen LogP contribution in [0, 0.1) is 18.7 Å². The van der Waals surface area contributed by atoms with Gasteiger partial charge in [0.05, 0.1) is 6.10 Å². The Morgan fingerprint density at radius 1 is 1.18 bits per heavy atom. The Balaban J connectivity index is 1.50. The zero-order valence-corrected chi connectivity index (χ0v) is 16.7. The van der Waals surface area contributed by atoms with Crippen LogP contribution in [0.2, 0.25) is 0 Å². The molecule has 0 aliphatic carbocycles. The van der Waals surface area contributed by atoms with Crippen LogP contribution in [0.25, 0.3) is 0 Å². The summed E-state index contributed by atoms with van der Waals surface area (Å²) in [6, 6.07) is 15.4. The van der Waals surface area contributed by atoms with Crippen molar-refractivity contribution in [3.63, 3.8) is 0 Å². The fraction of sp³-hybridized carbons (Fsp3) is 0.435. The number of rotatable bonds is 6. The van der Waals surface area contributed by atoms with Gasteiger partial charge in [-0.3, -0.25) is 4.99 Å². The number of hydrogen-bond acceptors (Lipinski definition) is 2. The van der Waals surface area contributed by atoms with Crippen molar-refractivity contribution in [2.24, 2.45) is 10.9 Å². The lowest BCUT2D eigenvalue weighted by Gasteiger charge is -2.32. The number of guanidine groups is 1. The Hall–Kier alpha value is -2.40. The van der Waals surface area contributed by atoms with E-state index in [1.165, 1.54) is 11.6 Å². The summed E-state index contributed by atoms with van der Waals surface area (Å²) in [6.07, 6.45) is 3.18. The molecule has 1 fully saturated rings. The van der Waals surface area contributed by atoms with E-state index in [4.69, 9.17) is 4.74 Å². The van der Waals surface area contributed by atoms with Gasteiger partial charge in [0.15, 0.2) is 5.96 Å². The topological polar surface area (TPSA) is 45.7 Å². The van der Waals surface area contributed by atoms with Crippen molar-refractivity contribution in [1.29, 1.82) is 0 Å². The van der Waals surface area contributed by atoms with Gasteiger partial charge in [-0.25, -0.2) is 4.39 Å². The molecule has 1 heterocycles. The summed E-state index contributed by atoms with van der Waals surface area (Å²) in [5.41, 5.74) is 3.37. The lowest BCUT2D eigenvalue weighted by atomic mass is 9.89. The molecule has 2 aromatic rings. The van der Waals surface area contributed by atoms with E-state index in [1.54, 1.807) is 13.1 Å². The Labute approximate surface area is 167 Å². The molecule has 5 heteroatoms. The van der Waals surface area contributed by atoms with E-state index in [2.05, 4.69) is 39.9 Å². The Morgan fingerprint density at radius 2 is 2.00 bits per heavy atom. The average Bonchev–Trinajstić information content (AvgIpc) is 2.73. The first-order valence-corrected chi connectivity index (χ1v) is 10.0. The molecule has 150 valence electrons. The van der Waals surface area contributed by atoms with Crippen LogP contribution >= 0.6 is 0 Å². The highest BCUT2D eigenvalue weighted by atomic mass is 19.1. The number of aliphatic imine (C=N–C) groups is 1. The van der Waals surface area contributed by atoms with Crippen molar-refractivity contribution >= 4 is 5.96 Å². The molecule has 3 rings (SSSR count). The van der Waals surface area contributed by atoms with Gasteiger partial charge in [-0.05, 0) is 55.0 Å².